The minimum atomic E-state index is -1.90. The smallest absolute Gasteiger partial charge is 0.354 e. The highest BCUT2D eigenvalue weighted by Crippen LogP contribution is 2.21. The van der Waals surface area contributed by atoms with E-state index in [9.17, 15) is 29.0 Å². The van der Waals surface area contributed by atoms with Gasteiger partial charge in [-0.15, -0.1) is 0 Å². The van der Waals surface area contributed by atoms with Crippen LogP contribution in [0.15, 0.2) is 48.5 Å². The number of nitrogens with zero attached hydrogens (tertiary/aromatic N) is 3. The summed E-state index contributed by atoms with van der Waals surface area (Å²) in [5.41, 5.74) is 0.191. The monoisotopic (exact) mass is 505 g/mol. The normalized spacial score (nSPS) is 11.7. The summed E-state index contributed by atoms with van der Waals surface area (Å²) in [5, 5.41) is 32.9. The molecule has 35 heavy (non-hydrogen) atoms. The second-order valence-electron chi connectivity index (χ2n) is 7.48. The van der Waals surface area contributed by atoms with E-state index in [4.69, 9.17) is 21.4 Å². The van der Waals surface area contributed by atoms with Gasteiger partial charge in [0.25, 0.3) is 5.91 Å². The van der Waals surface area contributed by atoms with Gasteiger partial charge in [-0.25, -0.2) is 14.0 Å². The fourth-order valence-electron chi connectivity index (χ4n) is 3.30. The van der Waals surface area contributed by atoms with Crippen LogP contribution in [0, 0.1) is 5.82 Å². The minimum absolute atomic E-state index is 0.00995. The molecule has 1 aromatic heterocycles. The van der Waals surface area contributed by atoms with Crippen molar-refractivity contribution < 1.29 is 38.8 Å². The van der Waals surface area contributed by atoms with E-state index >= 15 is 0 Å². The molecule has 0 fully saturated rings. The van der Waals surface area contributed by atoms with Gasteiger partial charge >= 0.3 is 11.9 Å². The molecule has 0 bridgehead atoms. The number of carboxylic acid groups (broad SMARTS) is 2. The summed E-state index contributed by atoms with van der Waals surface area (Å²) in [6.07, 6.45) is -1.90. The molecule has 0 saturated heterocycles. The maximum absolute atomic E-state index is 14.1. The summed E-state index contributed by atoms with van der Waals surface area (Å²) in [7, 11) is 1.31. The van der Waals surface area contributed by atoms with E-state index in [0.29, 0.717) is 16.1 Å². The number of aliphatic carboxylic acids is 1. The van der Waals surface area contributed by atoms with E-state index in [-0.39, 0.29) is 30.2 Å². The third kappa shape index (κ3) is 6.14. The van der Waals surface area contributed by atoms with Crippen LogP contribution in [0.4, 0.5) is 4.39 Å². The Hall–Kier alpha value is -3.96. The van der Waals surface area contributed by atoms with Crippen molar-refractivity contribution in [2.45, 2.75) is 19.2 Å². The van der Waals surface area contributed by atoms with E-state index in [1.54, 1.807) is 24.3 Å². The van der Waals surface area contributed by atoms with Gasteiger partial charge < -0.3 is 25.0 Å². The molecule has 0 aliphatic heterocycles. The summed E-state index contributed by atoms with van der Waals surface area (Å²) in [4.78, 5) is 37.2. The first-order chi connectivity index (χ1) is 16.6. The molecule has 2 aromatic carbocycles. The minimum Gasteiger partial charge on any atom is -0.494 e. The number of hydrogen-bond acceptors (Lipinski definition) is 6. The third-order valence-electron chi connectivity index (χ3n) is 5.05. The zero-order valence-electron chi connectivity index (χ0n) is 18.4. The van der Waals surface area contributed by atoms with Crippen molar-refractivity contribution in [3.8, 4) is 5.75 Å². The number of aliphatic hydroxyl groups is 1. The molecular weight excluding hydrogens is 485 g/mol. The summed E-state index contributed by atoms with van der Waals surface area (Å²) in [5.74, 6) is -4.39. The third-order valence-corrected chi connectivity index (χ3v) is 5.42. The fourth-order valence-corrected chi connectivity index (χ4v) is 3.49. The fraction of sp³-hybridized carbons (Fsp3) is 0.217. The number of carbonyl (C=O) groups excluding carboxylic acids is 1. The quantitative estimate of drug-likeness (QED) is 0.381. The number of methoxy groups -OCH3 is 1. The number of benzene rings is 2. The molecule has 3 rings (SSSR count). The second-order valence-corrected chi connectivity index (χ2v) is 7.88. The topological polar surface area (TPSA) is 142 Å². The molecule has 0 radical (unpaired) electrons. The first-order valence-corrected chi connectivity index (χ1v) is 10.6. The molecule has 3 aromatic rings. The van der Waals surface area contributed by atoms with Crippen molar-refractivity contribution >= 4 is 29.4 Å². The van der Waals surface area contributed by atoms with E-state index < -0.39 is 36.3 Å². The number of aromatic nitrogens is 2. The first-order valence-electron chi connectivity index (χ1n) is 10.2. The highest BCUT2D eigenvalue weighted by atomic mass is 35.5. The number of amides is 1. The predicted molar refractivity (Wildman–Crippen MR) is 121 cm³/mol. The number of aliphatic hydroxyl groups excluding tert-OH is 1. The number of carboxylic acids is 2. The van der Waals surface area contributed by atoms with E-state index in [0.717, 1.165) is 21.7 Å². The number of hydrogen-bond donors (Lipinski definition) is 3. The van der Waals surface area contributed by atoms with Crippen molar-refractivity contribution in [1.29, 1.82) is 0 Å². The van der Waals surface area contributed by atoms with Crippen LogP contribution < -0.4 is 4.74 Å². The second kappa shape index (κ2) is 11.0. The van der Waals surface area contributed by atoms with Crippen molar-refractivity contribution in [2.75, 3.05) is 13.7 Å². The largest absolute Gasteiger partial charge is 0.494 e. The van der Waals surface area contributed by atoms with E-state index in [1.165, 1.54) is 19.2 Å². The zero-order valence-corrected chi connectivity index (χ0v) is 19.1. The Bertz CT molecular complexity index is 1260. The summed E-state index contributed by atoms with van der Waals surface area (Å²) >= 11 is 6.16. The molecule has 1 amide bonds. The first kappa shape index (κ1) is 25.7. The van der Waals surface area contributed by atoms with Gasteiger partial charge in [0.1, 0.15) is 5.69 Å². The molecule has 0 saturated carbocycles. The lowest BCUT2D eigenvalue weighted by molar-refractivity contribution is -0.147. The Morgan fingerprint density at radius 3 is 2.49 bits per heavy atom. The van der Waals surface area contributed by atoms with Crippen LogP contribution in [0.2, 0.25) is 5.02 Å². The summed E-state index contributed by atoms with van der Waals surface area (Å²) in [6, 6.07) is 11.6. The van der Waals surface area contributed by atoms with Gasteiger partial charge in [0.15, 0.2) is 23.4 Å². The lowest BCUT2D eigenvalue weighted by Gasteiger charge is -2.23. The number of ether oxygens (including phenoxy) is 1. The standard InChI is InChI=1S/C23H21ClFN3O7/c1-35-20-7-6-13(8-16(20)25)10-28-18(22(31)32)9-17(26-28)21(30)27(12-19(29)23(33)34)11-14-4-2-3-5-15(14)24/h2-9,19,29H,10-12H2,1H3,(H,31,32)(H,33,34)/t19-/m1/s1. The highest BCUT2D eigenvalue weighted by Gasteiger charge is 2.27. The molecule has 0 aliphatic carbocycles. The highest BCUT2D eigenvalue weighted by molar-refractivity contribution is 6.31. The molecule has 3 N–H and O–H groups in total. The van der Waals surface area contributed by atoms with Crippen LogP contribution in [0.1, 0.15) is 32.1 Å². The molecule has 1 heterocycles. The Kier molecular flexibility index (Phi) is 8.05. The summed E-state index contributed by atoms with van der Waals surface area (Å²) < 4.78 is 19.9. The Morgan fingerprint density at radius 2 is 1.89 bits per heavy atom. The van der Waals surface area contributed by atoms with Gasteiger partial charge in [0.2, 0.25) is 0 Å². The van der Waals surface area contributed by atoms with Gasteiger partial charge in [-0.1, -0.05) is 35.9 Å². The summed E-state index contributed by atoms with van der Waals surface area (Å²) in [6.45, 7) is -0.932. The molecule has 0 spiro atoms. The molecule has 1 atom stereocenters. The van der Waals surface area contributed by atoms with Crippen molar-refractivity contribution in [2.24, 2.45) is 0 Å². The maximum Gasteiger partial charge on any atom is 0.354 e. The molecule has 0 aliphatic rings. The maximum atomic E-state index is 14.1. The molecule has 12 heteroatoms. The van der Waals surface area contributed by atoms with Crippen LogP contribution in [0.5, 0.6) is 5.75 Å². The lowest BCUT2D eigenvalue weighted by Crippen LogP contribution is -2.40. The van der Waals surface area contributed by atoms with Crippen LogP contribution in [-0.4, -0.2) is 67.6 Å². The van der Waals surface area contributed by atoms with Gasteiger partial charge in [-0.2, -0.15) is 5.10 Å². The SMILES string of the molecule is COc1ccc(Cn2nc(C(=O)N(Cc3ccccc3Cl)C[C@@H](O)C(=O)O)cc2C(=O)O)cc1F. The van der Waals surface area contributed by atoms with Crippen LogP contribution >= 0.6 is 11.6 Å². The van der Waals surface area contributed by atoms with Crippen LogP contribution in [0.25, 0.3) is 0 Å². The Morgan fingerprint density at radius 1 is 1.17 bits per heavy atom. The molecule has 10 nitrogen and oxygen atoms in total. The van der Waals surface area contributed by atoms with Gasteiger partial charge in [-0.3, -0.25) is 9.48 Å². The number of aromatic carboxylic acids is 1. The zero-order chi connectivity index (χ0) is 25.7. The van der Waals surface area contributed by atoms with Crippen LogP contribution in [-0.2, 0) is 17.9 Å². The molecule has 184 valence electrons. The van der Waals surface area contributed by atoms with E-state index in [1.807, 2.05) is 0 Å². The van der Waals surface area contributed by atoms with Crippen molar-refractivity contribution in [1.82, 2.24) is 14.7 Å². The predicted octanol–water partition coefficient (Wildman–Crippen LogP) is 2.52. The molecular formula is C23H21ClFN3O7. The van der Waals surface area contributed by atoms with Crippen molar-refractivity contribution in [3.05, 3.63) is 81.9 Å². The lowest BCUT2D eigenvalue weighted by atomic mass is 10.2. The van der Waals surface area contributed by atoms with Crippen LogP contribution in [0.3, 0.4) is 0 Å². The van der Waals surface area contributed by atoms with Crippen molar-refractivity contribution in [3.63, 3.8) is 0 Å². The Labute approximate surface area is 203 Å². The van der Waals surface area contributed by atoms with Gasteiger partial charge in [0, 0.05) is 17.6 Å². The average Bonchev–Trinajstić information content (AvgIpc) is 3.23. The number of rotatable bonds is 10. The van der Waals surface area contributed by atoms with Gasteiger partial charge in [-0.05, 0) is 29.3 Å². The van der Waals surface area contributed by atoms with Gasteiger partial charge in [0.05, 0.1) is 20.2 Å². The number of halogens is 2. The number of carbonyl (C=O) groups is 3. The molecule has 0 unspecified atom stereocenters. The van der Waals surface area contributed by atoms with E-state index in [2.05, 4.69) is 5.10 Å². The Balaban J connectivity index is 1.94. The average molecular weight is 506 g/mol.